The predicted octanol–water partition coefficient (Wildman–Crippen LogP) is 2.67. The summed E-state index contributed by atoms with van der Waals surface area (Å²) in [6.07, 6.45) is 2.13. The fourth-order valence-electron chi connectivity index (χ4n) is 2.81. The van der Waals surface area contributed by atoms with E-state index in [9.17, 15) is 9.59 Å². The van der Waals surface area contributed by atoms with Crippen molar-refractivity contribution >= 4 is 29.3 Å². The molecule has 148 valence electrons. The highest BCUT2D eigenvalue weighted by Gasteiger charge is 2.28. The maximum absolute atomic E-state index is 12.6. The van der Waals surface area contributed by atoms with E-state index in [1.165, 1.54) is 11.8 Å². The van der Waals surface area contributed by atoms with Crippen molar-refractivity contribution in [1.82, 2.24) is 25.5 Å². The zero-order valence-electron chi connectivity index (χ0n) is 15.6. The average Bonchev–Trinajstić information content (AvgIpc) is 3.49. The quantitative estimate of drug-likeness (QED) is 0.556. The van der Waals surface area contributed by atoms with Gasteiger partial charge in [0.2, 0.25) is 11.1 Å². The van der Waals surface area contributed by atoms with Crippen molar-refractivity contribution in [3.05, 3.63) is 65.7 Å². The molecule has 3 aromatic rings. The molecule has 1 aliphatic carbocycles. The van der Waals surface area contributed by atoms with E-state index in [1.807, 2.05) is 30.3 Å². The van der Waals surface area contributed by atoms with Crippen molar-refractivity contribution in [2.24, 2.45) is 0 Å². The number of tetrazole rings is 1. The van der Waals surface area contributed by atoms with Crippen LogP contribution in [0.1, 0.15) is 34.8 Å². The van der Waals surface area contributed by atoms with Gasteiger partial charge in [-0.15, -0.1) is 5.10 Å². The van der Waals surface area contributed by atoms with Crippen LogP contribution in [0.5, 0.6) is 0 Å². The second-order valence-corrected chi connectivity index (χ2v) is 7.63. The molecule has 1 aliphatic rings. The second kappa shape index (κ2) is 8.87. The third-order valence-corrected chi connectivity index (χ3v) is 5.36. The maximum Gasteiger partial charge on any atom is 0.253 e. The SMILES string of the molecule is O=C(CSc1nnnn1C1CC1)Nc1ccccc1C(=O)NCc1ccccc1. The Morgan fingerprint density at radius 3 is 2.62 bits per heavy atom. The molecule has 2 amide bonds. The van der Waals surface area contributed by atoms with Crippen LogP contribution < -0.4 is 10.6 Å². The Bertz CT molecular complexity index is 1000. The van der Waals surface area contributed by atoms with Gasteiger partial charge in [0.25, 0.3) is 5.91 Å². The Kier molecular flexibility index (Phi) is 5.85. The lowest BCUT2D eigenvalue weighted by Gasteiger charge is -2.11. The van der Waals surface area contributed by atoms with Crippen molar-refractivity contribution in [2.45, 2.75) is 30.6 Å². The zero-order valence-corrected chi connectivity index (χ0v) is 16.4. The van der Waals surface area contributed by atoms with Crippen LogP contribution in [-0.4, -0.2) is 37.8 Å². The molecule has 0 bridgehead atoms. The Morgan fingerprint density at radius 1 is 1.07 bits per heavy atom. The van der Waals surface area contributed by atoms with E-state index < -0.39 is 0 Å². The Hall–Kier alpha value is -3.20. The van der Waals surface area contributed by atoms with Gasteiger partial charge in [-0.3, -0.25) is 9.59 Å². The Morgan fingerprint density at radius 2 is 1.83 bits per heavy atom. The first-order valence-corrected chi connectivity index (χ1v) is 10.3. The fraction of sp³-hybridized carbons (Fsp3) is 0.250. The summed E-state index contributed by atoms with van der Waals surface area (Å²) in [7, 11) is 0. The van der Waals surface area contributed by atoms with Crippen LogP contribution in [0.4, 0.5) is 5.69 Å². The first-order valence-electron chi connectivity index (χ1n) is 9.32. The molecule has 2 aromatic carbocycles. The molecular formula is C20H20N6O2S. The molecule has 0 saturated heterocycles. The highest BCUT2D eigenvalue weighted by molar-refractivity contribution is 7.99. The normalized spacial score (nSPS) is 13.1. The molecular weight excluding hydrogens is 388 g/mol. The van der Waals surface area contributed by atoms with Crippen molar-refractivity contribution in [1.29, 1.82) is 0 Å². The van der Waals surface area contributed by atoms with Gasteiger partial charge >= 0.3 is 0 Å². The summed E-state index contributed by atoms with van der Waals surface area (Å²) in [5, 5.41) is 18.0. The summed E-state index contributed by atoms with van der Waals surface area (Å²) in [4.78, 5) is 25.0. The third-order valence-electron chi connectivity index (χ3n) is 4.43. The van der Waals surface area contributed by atoms with E-state index in [0.29, 0.717) is 29.0 Å². The number of nitrogens with zero attached hydrogens (tertiary/aromatic N) is 4. The lowest BCUT2D eigenvalue weighted by atomic mass is 10.1. The molecule has 1 heterocycles. The second-order valence-electron chi connectivity index (χ2n) is 6.69. The van der Waals surface area contributed by atoms with Crippen LogP contribution in [-0.2, 0) is 11.3 Å². The minimum Gasteiger partial charge on any atom is -0.348 e. The van der Waals surface area contributed by atoms with Crippen molar-refractivity contribution < 1.29 is 9.59 Å². The van der Waals surface area contributed by atoms with Crippen molar-refractivity contribution in [3.8, 4) is 0 Å². The molecule has 0 atom stereocenters. The Labute approximate surface area is 172 Å². The number of rotatable bonds is 8. The van der Waals surface area contributed by atoms with Crippen LogP contribution in [0, 0.1) is 0 Å². The van der Waals surface area contributed by atoms with Crippen LogP contribution in [0.2, 0.25) is 0 Å². The van der Waals surface area contributed by atoms with E-state index in [4.69, 9.17) is 0 Å². The van der Waals surface area contributed by atoms with E-state index in [0.717, 1.165) is 18.4 Å². The standard InChI is InChI=1S/C20H20N6O2S/c27-18(13-29-20-23-24-25-26(20)15-10-11-15)22-17-9-5-4-8-16(17)19(28)21-12-14-6-2-1-3-7-14/h1-9,15H,10-13H2,(H,21,28)(H,22,27). The number of para-hydroxylation sites is 1. The minimum atomic E-state index is -0.241. The van der Waals surface area contributed by atoms with Gasteiger partial charge in [0, 0.05) is 6.54 Å². The summed E-state index contributed by atoms with van der Waals surface area (Å²) in [6, 6.07) is 17.0. The van der Waals surface area contributed by atoms with Crippen LogP contribution >= 0.6 is 11.8 Å². The highest BCUT2D eigenvalue weighted by atomic mass is 32.2. The van der Waals surface area contributed by atoms with Gasteiger partial charge in [-0.25, -0.2) is 4.68 Å². The van der Waals surface area contributed by atoms with E-state index in [2.05, 4.69) is 26.2 Å². The monoisotopic (exact) mass is 408 g/mol. The number of carbonyl (C=O) groups is 2. The average molecular weight is 408 g/mol. The molecule has 8 nitrogen and oxygen atoms in total. The number of benzene rings is 2. The Balaban J connectivity index is 1.35. The molecule has 1 saturated carbocycles. The molecule has 1 fully saturated rings. The van der Waals surface area contributed by atoms with Crippen LogP contribution in [0.3, 0.4) is 0 Å². The predicted molar refractivity (Wildman–Crippen MR) is 109 cm³/mol. The first kappa shape index (κ1) is 19.1. The summed E-state index contributed by atoms with van der Waals surface area (Å²) < 4.78 is 1.77. The van der Waals surface area contributed by atoms with E-state index >= 15 is 0 Å². The maximum atomic E-state index is 12.6. The zero-order chi connectivity index (χ0) is 20.1. The number of carbonyl (C=O) groups excluding carboxylic acids is 2. The topological polar surface area (TPSA) is 102 Å². The number of nitrogens with one attached hydrogen (secondary N) is 2. The van der Waals surface area contributed by atoms with Gasteiger partial charge in [-0.1, -0.05) is 54.2 Å². The summed E-state index contributed by atoms with van der Waals surface area (Å²) >= 11 is 1.29. The van der Waals surface area contributed by atoms with Gasteiger partial charge in [0.15, 0.2) is 0 Å². The minimum absolute atomic E-state index is 0.160. The van der Waals surface area contributed by atoms with Crippen molar-refractivity contribution in [3.63, 3.8) is 0 Å². The number of hydrogen-bond acceptors (Lipinski definition) is 6. The molecule has 0 unspecified atom stereocenters. The first-order chi connectivity index (χ1) is 14.2. The highest BCUT2D eigenvalue weighted by Crippen LogP contribution is 2.36. The number of thioether (sulfide) groups is 1. The van der Waals surface area contributed by atoms with E-state index in [1.54, 1.807) is 28.9 Å². The molecule has 1 aromatic heterocycles. The van der Waals surface area contributed by atoms with Gasteiger partial charge < -0.3 is 10.6 Å². The van der Waals surface area contributed by atoms with Crippen LogP contribution in [0.25, 0.3) is 0 Å². The van der Waals surface area contributed by atoms with Crippen molar-refractivity contribution in [2.75, 3.05) is 11.1 Å². The van der Waals surface area contributed by atoms with Gasteiger partial charge in [0.05, 0.1) is 23.0 Å². The van der Waals surface area contributed by atoms with Gasteiger partial charge in [0.1, 0.15) is 0 Å². The third kappa shape index (κ3) is 5.00. The molecule has 2 N–H and O–H groups in total. The summed E-state index contributed by atoms with van der Waals surface area (Å²) in [5.74, 6) is -0.300. The fourth-order valence-corrected chi connectivity index (χ4v) is 3.55. The lowest BCUT2D eigenvalue weighted by molar-refractivity contribution is -0.113. The van der Waals surface area contributed by atoms with Crippen LogP contribution in [0.15, 0.2) is 59.8 Å². The number of aromatic nitrogens is 4. The van der Waals surface area contributed by atoms with Gasteiger partial charge in [-0.2, -0.15) is 0 Å². The molecule has 0 aliphatic heterocycles. The lowest BCUT2D eigenvalue weighted by Crippen LogP contribution is -2.25. The number of amides is 2. The summed E-state index contributed by atoms with van der Waals surface area (Å²) in [6.45, 7) is 0.418. The molecule has 0 spiro atoms. The van der Waals surface area contributed by atoms with E-state index in [-0.39, 0.29) is 17.6 Å². The number of anilines is 1. The largest absolute Gasteiger partial charge is 0.348 e. The molecule has 29 heavy (non-hydrogen) atoms. The van der Waals surface area contributed by atoms with Gasteiger partial charge in [-0.05, 0) is 41.0 Å². The molecule has 4 rings (SSSR count). The molecule has 9 heteroatoms. The smallest absolute Gasteiger partial charge is 0.253 e. The number of hydrogen-bond donors (Lipinski definition) is 2. The molecule has 0 radical (unpaired) electrons. The summed E-state index contributed by atoms with van der Waals surface area (Å²) in [5.41, 5.74) is 1.90.